The first-order valence-electron chi connectivity index (χ1n) is 8.76. The van der Waals surface area contributed by atoms with Crippen molar-refractivity contribution in [3.05, 3.63) is 66.6 Å². The van der Waals surface area contributed by atoms with Crippen LogP contribution in [-0.2, 0) is 14.4 Å². The van der Waals surface area contributed by atoms with Gasteiger partial charge in [-0.3, -0.25) is 24.7 Å². The molecule has 0 saturated heterocycles. The summed E-state index contributed by atoms with van der Waals surface area (Å²) in [4.78, 5) is 40.7. The van der Waals surface area contributed by atoms with Crippen LogP contribution in [0.1, 0.15) is 12.0 Å². The van der Waals surface area contributed by atoms with Crippen LogP contribution in [0.3, 0.4) is 0 Å². The zero-order valence-corrected chi connectivity index (χ0v) is 15.1. The van der Waals surface area contributed by atoms with Gasteiger partial charge in [-0.25, -0.2) is 0 Å². The minimum absolute atomic E-state index is 0.229. The number of hydrogen-bond donors (Lipinski definition) is 3. The van der Waals surface area contributed by atoms with Crippen molar-refractivity contribution in [3.8, 4) is 0 Å². The number of nitrogens with one attached hydrogen (secondary N) is 2. The molecule has 0 spiro atoms. The maximum absolute atomic E-state index is 12.1. The third-order valence-corrected chi connectivity index (χ3v) is 4.05. The highest BCUT2D eigenvalue weighted by Gasteiger charge is 2.21. The number of nitrogens with two attached hydrogens (primary N) is 1. The number of rotatable bonds is 4. The Balaban J connectivity index is 1.65. The number of anilines is 2. The van der Waals surface area contributed by atoms with Crippen molar-refractivity contribution in [2.45, 2.75) is 6.42 Å². The Morgan fingerprint density at radius 1 is 1.00 bits per heavy atom. The predicted molar refractivity (Wildman–Crippen MR) is 107 cm³/mol. The van der Waals surface area contributed by atoms with Gasteiger partial charge < -0.3 is 16.0 Å². The number of primary amides is 1. The van der Waals surface area contributed by atoms with Gasteiger partial charge in [0.05, 0.1) is 6.42 Å². The van der Waals surface area contributed by atoms with E-state index in [0.29, 0.717) is 18.8 Å². The Bertz CT molecular complexity index is 894. The van der Waals surface area contributed by atoms with Crippen molar-refractivity contribution in [2.24, 2.45) is 10.7 Å². The molecule has 0 saturated carbocycles. The third kappa shape index (κ3) is 4.94. The summed E-state index contributed by atoms with van der Waals surface area (Å²) >= 11 is 0. The summed E-state index contributed by atoms with van der Waals surface area (Å²) in [5, 5.41) is 5.23. The molecule has 143 valence electrons. The number of amides is 3. The maximum atomic E-state index is 12.1. The lowest BCUT2D eigenvalue weighted by atomic mass is 10.1. The second-order valence-corrected chi connectivity index (χ2v) is 6.12. The molecule has 0 aromatic heterocycles. The van der Waals surface area contributed by atoms with Gasteiger partial charge in [0.15, 0.2) is 0 Å². The van der Waals surface area contributed by atoms with E-state index in [2.05, 4.69) is 15.6 Å². The standard InChI is InChI=1S/C20H20N5O3/c21-18(27)19(28)24-20-22-11-4-12-25(20)16-9-7-15(8-10-16)23-17(26)13-14-5-2-1-3-6-14/h1-3,5-10,13H,4,11-12H2,(H2,21,27)(H,23,26)(H,22,24,28). The lowest BCUT2D eigenvalue weighted by Gasteiger charge is -2.29. The van der Waals surface area contributed by atoms with E-state index in [0.717, 1.165) is 17.7 Å². The van der Waals surface area contributed by atoms with Crippen molar-refractivity contribution in [1.82, 2.24) is 5.32 Å². The zero-order valence-electron chi connectivity index (χ0n) is 15.1. The highest BCUT2D eigenvalue weighted by molar-refractivity contribution is 6.38. The predicted octanol–water partition coefficient (Wildman–Crippen LogP) is 1.05. The molecule has 0 fully saturated rings. The normalized spacial score (nSPS) is 13.4. The monoisotopic (exact) mass is 378 g/mol. The van der Waals surface area contributed by atoms with Gasteiger partial charge in [0.2, 0.25) is 11.9 Å². The van der Waals surface area contributed by atoms with Crippen LogP contribution in [0.15, 0.2) is 59.6 Å². The molecule has 0 bridgehead atoms. The van der Waals surface area contributed by atoms with Gasteiger partial charge in [-0.1, -0.05) is 30.3 Å². The Labute approximate surface area is 162 Å². The lowest BCUT2D eigenvalue weighted by Crippen LogP contribution is -2.50. The fraction of sp³-hybridized carbons (Fsp3) is 0.150. The summed E-state index contributed by atoms with van der Waals surface area (Å²) in [5.41, 5.74) is 7.21. The molecule has 2 aromatic carbocycles. The van der Waals surface area contributed by atoms with Crippen LogP contribution in [0.25, 0.3) is 0 Å². The molecule has 3 rings (SSSR count). The van der Waals surface area contributed by atoms with E-state index in [4.69, 9.17) is 5.73 Å². The number of nitrogens with zero attached hydrogens (tertiary/aromatic N) is 2. The van der Waals surface area contributed by atoms with Crippen LogP contribution >= 0.6 is 0 Å². The fourth-order valence-corrected chi connectivity index (χ4v) is 2.73. The van der Waals surface area contributed by atoms with Gasteiger partial charge in [0, 0.05) is 24.5 Å². The Morgan fingerprint density at radius 3 is 2.39 bits per heavy atom. The van der Waals surface area contributed by atoms with Crippen LogP contribution in [0, 0.1) is 6.42 Å². The van der Waals surface area contributed by atoms with Gasteiger partial charge in [0.1, 0.15) is 0 Å². The van der Waals surface area contributed by atoms with Crippen LogP contribution in [0.5, 0.6) is 0 Å². The van der Waals surface area contributed by atoms with Gasteiger partial charge >= 0.3 is 11.8 Å². The molecule has 1 aliphatic rings. The first-order chi connectivity index (χ1) is 13.5. The van der Waals surface area contributed by atoms with E-state index in [1.54, 1.807) is 29.2 Å². The van der Waals surface area contributed by atoms with E-state index in [9.17, 15) is 14.4 Å². The summed E-state index contributed by atoms with van der Waals surface area (Å²) in [6, 6.07) is 16.4. The quantitative estimate of drug-likeness (QED) is 0.689. The van der Waals surface area contributed by atoms with Crippen molar-refractivity contribution in [1.29, 1.82) is 0 Å². The van der Waals surface area contributed by atoms with Crippen LogP contribution in [0.2, 0.25) is 0 Å². The van der Waals surface area contributed by atoms with Crippen molar-refractivity contribution in [2.75, 3.05) is 23.3 Å². The van der Waals surface area contributed by atoms with E-state index in [1.165, 1.54) is 6.42 Å². The minimum Gasteiger partial charge on any atom is -0.361 e. The molecule has 28 heavy (non-hydrogen) atoms. The number of carbonyl (C=O) groups is 3. The summed E-state index contributed by atoms with van der Waals surface area (Å²) in [7, 11) is 0. The smallest absolute Gasteiger partial charge is 0.315 e. The number of guanidine groups is 1. The molecule has 8 heteroatoms. The van der Waals surface area contributed by atoms with Gasteiger partial charge in [-0.2, -0.15) is 0 Å². The summed E-state index contributed by atoms with van der Waals surface area (Å²) in [6.07, 6.45) is 2.32. The van der Waals surface area contributed by atoms with E-state index < -0.39 is 11.8 Å². The fourth-order valence-electron chi connectivity index (χ4n) is 2.73. The number of benzene rings is 2. The molecule has 1 heterocycles. The van der Waals surface area contributed by atoms with Gasteiger partial charge in [-0.05, 0) is 36.2 Å². The molecule has 1 aliphatic heterocycles. The number of aliphatic imine (C=N–C) groups is 1. The molecule has 3 amide bonds. The summed E-state index contributed by atoms with van der Waals surface area (Å²) < 4.78 is 0. The second-order valence-electron chi connectivity index (χ2n) is 6.12. The van der Waals surface area contributed by atoms with Crippen LogP contribution < -0.4 is 21.3 Å². The summed E-state index contributed by atoms with van der Waals surface area (Å²) in [6.45, 7) is 1.18. The first-order valence-corrected chi connectivity index (χ1v) is 8.76. The average Bonchev–Trinajstić information content (AvgIpc) is 2.69. The Hall–Kier alpha value is -3.68. The molecule has 8 nitrogen and oxygen atoms in total. The van der Waals surface area contributed by atoms with Crippen molar-refractivity contribution >= 4 is 35.1 Å². The molecule has 0 aliphatic carbocycles. The van der Waals surface area contributed by atoms with E-state index in [-0.39, 0.29) is 11.9 Å². The van der Waals surface area contributed by atoms with Crippen molar-refractivity contribution in [3.63, 3.8) is 0 Å². The average molecular weight is 378 g/mol. The molecular weight excluding hydrogens is 358 g/mol. The molecular formula is C20H20N5O3. The molecule has 2 aromatic rings. The topological polar surface area (TPSA) is 117 Å². The second kappa shape index (κ2) is 8.81. The summed E-state index contributed by atoms with van der Waals surface area (Å²) in [5.74, 6) is -1.93. The number of hydrogen-bond acceptors (Lipinski definition) is 5. The SMILES string of the molecule is NC(=O)C(=O)NC1=NCCCN1c1ccc(NC(=O)[CH]c2ccccc2)cc1. The Morgan fingerprint density at radius 2 is 1.71 bits per heavy atom. The first kappa shape index (κ1) is 19.1. The highest BCUT2D eigenvalue weighted by atomic mass is 16.2. The highest BCUT2D eigenvalue weighted by Crippen LogP contribution is 2.20. The van der Waals surface area contributed by atoms with Crippen LogP contribution in [-0.4, -0.2) is 36.8 Å². The molecule has 0 unspecified atom stereocenters. The third-order valence-electron chi connectivity index (χ3n) is 4.05. The van der Waals surface area contributed by atoms with E-state index >= 15 is 0 Å². The lowest BCUT2D eigenvalue weighted by molar-refractivity contribution is -0.136. The van der Waals surface area contributed by atoms with Crippen molar-refractivity contribution < 1.29 is 14.4 Å². The van der Waals surface area contributed by atoms with Gasteiger partial charge in [-0.15, -0.1) is 0 Å². The maximum Gasteiger partial charge on any atom is 0.315 e. The van der Waals surface area contributed by atoms with Crippen LogP contribution in [0.4, 0.5) is 11.4 Å². The van der Waals surface area contributed by atoms with E-state index in [1.807, 2.05) is 30.3 Å². The number of carbonyl (C=O) groups excluding carboxylic acids is 3. The minimum atomic E-state index is -1.07. The van der Waals surface area contributed by atoms with Gasteiger partial charge in [0.25, 0.3) is 0 Å². The largest absolute Gasteiger partial charge is 0.361 e. The molecule has 4 N–H and O–H groups in total. The molecule has 0 atom stereocenters. The molecule has 1 radical (unpaired) electrons. The zero-order chi connectivity index (χ0) is 19.9. The Kier molecular flexibility index (Phi) is 6.01.